The Morgan fingerprint density at radius 2 is 0.697 bits per heavy atom. The van der Waals surface area contributed by atoms with Crippen LogP contribution in [-0.2, 0) is 12.4 Å². The molecule has 0 saturated carbocycles. The second kappa shape index (κ2) is 15.3. The van der Waals surface area contributed by atoms with Crippen LogP contribution in [-0.4, -0.2) is 14.1 Å². The number of nitrogens with zero attached hydrogens (tertiary/aromatic N) is 7. The number of nitriles is 4. The standard InChI is InChI=1S/C53H25F6N7/c54-52(55,56)40-19-38(20-41(25-40)53(57,58)59)39-23-50(65-46-7-3-1-5-42(46)44-11-9-34(21-48(44)65)36-15-30(26-60)13-31(16-36)27-61)64-51(24-39)66-47-8-4-2-6-43(47)45-12-10-35(22-49(45)66)37-17-32(28-62)14-33(18-37)29-63/h1-25H. The lowest BCUT2D eigenvalue weighted by Gasteiger charge is -2.17. The van der Waals surface area contributed by atoms with E-state index in [0.717, 1.165) is 21.5 Å². The second-order valence-electron chi connectivity index (χ2n) is 15.6. The van der Waals surface area contributed by atoms with E-state index in [4.69, 9.17) is 4.98 Å². The molecule has 314 valence electrons. The number of pyridine rings is 1. The molecule has 0 radical (unpaired) electrons. The van der Waals surface area contributed by atoms with Crippen LogP contribution in [0.25, 0.3) is 88.6 Å². The quantitative estimate of drug-likeness (QED) is 0.160. The summed E-state index contributed by atoms with van der Waals surface area (Å²) in [5, 5.41) is 42.1. The van der Waals surface area contributed by atoms with Crippen LogP contribution in [0, 0.1) is 45.3 Å². The van der Waals surface area contributed by atoms with Crippen molar-refractivity contribution in [3.05, 3.63) is 185 Å². The van der Waals surface area contributed by atoms with Gasteiger partial charge in [-0.3, -0.25) is 9.13 Å². The van der Waals surface area contributed by atoms with Gasteiger partial charge in [-0.1, -0.05) is 60.7 Å². The number of halogens is 6. The topological polar surface area (TPSA) is 118 Å². The number of aromatic nitrogens is 3. The number of hydrogen-bond acceptors (Lipinski definition) is 5. The first-order valence-corrected chi connectivity index (χ1v) is 20.0. The summed E-state index contributed by atoms with van der Waals surface area (Å²) in [5.74, 6) is 0.311. The number of rotatable bonds is 5. The highest BCUT2D eigenvalue weighted by molar-refractivity contribution is 6.11. The van der Waals surface area contributed by atoms with E-state index in [2.05, 4.69) is 24.3 Å². The van der Waals surface area contributed by atoms with Crippen LogP contribution < -0.4 is 0 Å². The summed E-state index contributed by atoms with van der Waals surface area (Å²) >= 11 is 0. The first-order chi connectivity index (χ1) is 31.7. The van der Waals surface area contributed by atoms with Crippen LogP contribution >= 0.6 is 0 Å². The van der Waals surface area contributed by atoms with Gasteiger partial charge in [0.05, 0.1) is 79.7 Å². The Kier molecular flexibility index (Phi) is 9.46. The number of fused-ring (bicyclic) bond motifs is 6. The molecule has 7 aromatic carbocycles. The molecule has 0 bridgehead atoms. The van der Waals surface area contributed by atoms with E-state index in [1.165, 1.54) is 24.3 Å². The molecule has 66 heavy (non-hydrogen) atoms. The van der Waals surface area contributed by atoms with E-state index in [1.807, 2.05) is 72.8 Å². The van der Waals surface area contributed by atoms with Gasteiger partial charge < -0.3 is 0 Å². The smallest absolute Gasteiger partial charge is 0.294 e. The Labute approximate surface area is 370 Å². The van der Waals surface area contributed by atoms with Gasteiger partial charge in [0, 0.05) is 21.5 Å². The van der Waals surface area contributed by atoms with Crippen LogP contribution in [0.3, 0.4) is 0 Å². The van der Waals surface area contributed by atoms with E-state index in [9.17, 15) is 47.4 Å². The maximum absolute atomic E-state index is 14.4. The molecule has 0 spiro atoms. The summed E-state index contributed by atoms with van der Waals surface area (Å²) in [6.07, 6.45) is -10.2. The van der Waals surface area contributed by atoms with Gasteiger partial charge in [0.1, 0.15) is 11.6 Å². The zero-order valence-corrected chi connectivity index (χ0v) is 33.8. The molecule has 0 atom stereocenters. The normalized spacial score (nSPS) is 11.7. The third-order valence-corrected chi connectivity index (χ3v) is 11.6. The molecule has 0 aliphatic heterocycles. The molecule has 3 aromatic heterocycles. The van der Waals surface area contributed by atoms with E-state index in [0.29, 0.717) is 56.5 Å². The van der Waals surface area contributed by atoms with Gasteiger partial charge in [0.2, 0.25) is 0 Å². The lowest BCUT2D eigenvalue weighted by Crippen LogP contribution is -2.11. The van der Waals surface area contributed by atoms with Crippen LogP contribution in [0.2, 0.25) is 0 Å². The van der Waals surface area contributed by atoms with E-state index >= 15 is 0 Å². The van der Waals surface area contributed by atoms with Crippen LogP contribution in [0.1, 0.15) is 33.4 Å². The van der Waals surface area contributed by atoms with Gasteiger partial charge in [0.15, 0.2) is 0 Å². The van der Waals surface area contributed by atoms with Gasteiger partial charge in [-0.05, 0) is 124 Å². The number of hydrogen-bond donors (Lipinski definition) is 0. The van der Waals surface area contributed by atoms with Crippen molar-refractivity contribution in [3.8, 4) is 69.3 Å². The third-order valence-electron chi connectivity index (χ3n) is 11.6. The predicted molar refractivity (Wildman–Crippen MR) is 238 cm³/mol. The molecular formula is C53H25F6N7. The fourth-order valence-electron chi connectivity index (χ4n) is 8.66. The monoisotopic (exact) mass is 873 g/mol. The SMILES string of the molecule is N#Cc1cc(C#N)cc(-c2ccc3c4ccccc4n(-c4cc(-c5cc(C(F)(F)F)cc(C(F)(F)F)c5)cc(-n5c6ccccc6c6ccc(-c7cc(C#N)cc(C#N)c7)cc65)n4)c3c2)c1. The first kappa shape index (κ1) is 40.9. The van der Waals surface area contributed by atoms with Crippen molar-refractivity contribution in [2.75, 3.05) is 0 Å². The van der Waals surface area contributed by atoms with Crippen molar-refractivity contribution in [1.29, 1.82) is 21.0 Å². The van der Waals surface area contributed by atoms with Crippen LogP contribution in [0.4, 0.5) is 26.3 Å². The van der Waals surface area contributed by atoms with Crippen molar-refractivity contribution in [3.63, 3.8) is 0 Å². The van der Waals surface area contributed by atoms with Crippen LogP contribution in [0.5, 0.6) is 0 Å². The molecule has 3 heterocycles. The zero-order valence-electron chi connectivity index (χ0n) is 33.8. The second-order valence-corrected chi connectivity index (χ2v) is 15.6. The van der Waals surface area contributed by atoms with Gasteiger partial charge in [0.25, 0.3) is 0 Å². The fraction of sp³-hybridized carbons (Fsp3) is 0.0377. The summed E-state index contributed by atoms with van der Waals surface area (Å²) in [4.78, 5) is 5.21. The highest BCUT2D eigenvalue weighted by Crippen LogP contribution is 2.42. The highest BCUT2D eigenvalue weighted by atomic mass is 19.4. The molecule has 7 nitrogen and oxygen atoms in total. The van der Waals surface area contributed by atoms with E-state index < -0.39 is 23.5 Å². The Morgan fingerprint density at radius 1 is 0.348 bits per heavy atom. The third kappa shape index (κ3) is 6.98. The maximum atomic E-state index is 14.4. The average Bonchev–Trinajstić information content (AvgIpc) is 3.85. The Morgan fingerprint density at radius 3 is 1.08 bits per heavy atom. The van der Waals surface area contributed by atoms with Gasteiger partial charge in [-0.2, -0.15) is 47.4 Å². The molecule has 10 aromatic rings. The molecule has 0 unspecified atom stereocenters. The number of para-hydroxylation sites is 2. The van der Waals surface area contributed by atoms with Crippen molar-refractivity contribution in [1.82, 2.24) is 14.1 Å². The summed E-state index contributed by atoms with van der Waals surface area (Å²) in [6.45, 7) is 0. The Bertz CT molecular complexity index is 3560. The number of benzene rings is 7. The molecule has 10 rings (SSSR count). The zero-order chi connectivity index (χ0) is 46.1. The fourth-order valence-corrected chi connectivity index (χ4v) is 8.66. The maximum Gasteiger partial charge on any atom is 0.416 e. The van der Waals surface area contributed by atoms with Crippen molar-refractivity contribution in [2.45, 2.75) is 12.4 Å². The molecule has 0 fully saturated rings. The van der Waals surface area contributed by atoms with Gasteiger partial charge in [-0.25, -0.2) is 4.98 Å². The summed E-state index contributed by atoms with van der Waals surface area (Å²) in [5.41, 5.74) is 2.50. The predicted octanol–water partition coefficient (Wildman–Crippen LogP) is 13.8. The Hall–Kier alpha value is -9.17. The highest BCUT2D eigenvalue weighted by Gasteiger charge is 2.37. The molecule has 13 heteroatoms. The summed E-state index contributed by atoms with van der Waals surface area (Å²) < 4.78 is 90.2. The Balaban J connectivity index is 1.31. The van der Waals surface area contributed by atoms with Crippen molar-refractivity contribution < 1.29 is 26.3 Å². The summed E-state index contributed by atoms with van der Waals surface area (Å²) in [7, 11) is 0. The van der Waals surface area contributed by atoms with Crippen molar-refractivity contribution in [2.24, 2.45) is 0 Å². The van der Waals surface area contributed by atoms with E-state index in [1.54, 1.807) is 45.5 Å². The minimum Gasteiger partial charge on any atom is -0.294 e. The number of alkyl halides is 6. The van der Waals surface area contributed by atoms with E-state index in [-0.39, 0.29) is 51.1 Å². The molecule has 0 N–H and O–H groups in total. The minimum absolute atomic E-state index is 0.00321. The van der Waals surface area contributed by atoms with Crippen molar-refractivity contribution >= 4 is 43.6 Å². The summed E-state index contributed by atoms with van der Waals surface area (Å²) in [6, 6.07) is 48.1. The van der Waals surface area contributed by atoms with Gasteiger partial charge in [-0.15, -0.1) is 0 Å². The molecule has 0 aliphatic carbocycles. The first-order valence-electron chi connectivity index (χ1n) is 20.0. The molecule has 0 amide bonds. The van der Waals surface area contributed by atoms with Gasteiger partial charge >= 0.3 is 12.4 Å². The molecule has 0 saturated heterocycles. The largest absolute Gasteiger partial charge is 0.416 e. The lowest BCUT2D eigenvalue weighted by atomic mass is 9.99. The average molecular weight is 874 g/mol. The van der Waals surface area contributed by atoms with Crippen LogP contribution in [0.15, 0.2) is 152 Å². The lowest BCUT2D eigenvalue weighted by molar-refractivity contribution is -0.143. The molecule has 0 aliphatic rings. The minimum atomic E-state index is -5.12. The molecular weight excluding hydrogens is 849 g/mol.